The number of nitrogens with zero attached hydrogens (tertiary/aromatic N) is 2. The summed E-state index contributed by atoms with van der Waals surface area (Å²) in [5, 5.41) is 8.88. The van der Waals surface area contributed by atoms with Gasteiger partial charge in [0, 0.05) is 19.6 Å². The topological polar surface area (TPSA) is 60.9 Å². The third-order valence-corrected chi connectivity index (χ3v) is 3.48. The van der Waals surface area contributed by atoms with Gasteiger partial charge in [-0.05, 0) is 32.1 Å². The van der Waals surface area contributed by atoms with Crippen LogP contribution in [0.4, 0.5) is 4.79 Å². The van der Waals surface area contributed by atoms with Crippen LogP contribution in [0.2, 0.25) is 0 Å². The molecule has 100 valence electrons. The second kappa shape index (κ2) is 5.42. The lowest BCUT2D eigenvalue weighted by Gasteiger charge is -2.31. The van der Waals surface area contributed by atoms with Gasteiger partial charge in [0.15, 0.2) is 0 Å². The Balaban J connectivity index is 1.95. The molecule has 1 heterocycles. The molecular weight excluding hydrogens is 232 g/mol. The SMILES string of the molecule is CC1=CCN(C(=O)N(CC(=O)O)CC2CC2)CC1. The molecule has 1 aliphatic heterocycles. The highest BCUT2D eigenvalue weighted by Gasteiger charge is 2.30. The van der Waals surface area contributed by atoms with Crippen molar-refractivity contribution < 1.29 is 14.7 Å². The molecule has 2 amide bonds. The number of carbonyl (C=O) groups is 2. The summed E-state index contributed by atoms with van der Waals surface area (Å²) in [6, 6.07) is -0.131. The van der Waals surface area contributed by atoms with E-state index in [0.717, 1.165) is 19.3 Å². The predicted octanol–water partition coefficient (Wildman–Crippen LogP) is 1.55. The van der Waals surface area contributed by atoms with Crippen molar-refractivity contribution in [2.24, 2.45) is 5.92 Å². The normalized spacial score (nSPS) is 19.4. The number of rotatable bonds is 4. The summed E-state index contributed by atoms with van der Waals surface area (Å²) in [5.41, 5.74) is 1.30. The third kappa shape index (κ3) is 3.48. The van der Waals surface area contributed by atoms with Gasteiger partial charge in [-0.2, -0.15) is 0 Å². The molecule has 0 bridgehead atoms. The highest BCUT2D eigenvalue weighted by atomic mass is 16.4. The van der Waals surface area contributed by atoms with E-state index >= 15 is 0 Å². The average molecular weight is 252 g/mol. The Hall–Kier alpha value is -1.52. The van der Waals surface area contributed by atoms with Gasteiger partial charge >= 0.3 is 12.0 Å². The number of carboxylic acid groups (broad SMARTS) is 1. The molecule has 1 N–H and O–H groups in total. The molecule has 5 heteroatoms. The van der Waals surface area contributed by atoms with E-state index in [-0.39, 0.29) is 12.6 Å². The van der Waals surface area contributed by atoms with Crippen molar-refractivity contribution in [3.05, 3.63) is 11.6 Å². The monoisotopic (exact) mass is 252 g/mol. The molecule has 18 heavy (non-hydrogen) atoms. The van der Waals surface area contributed by atoms with Gasteiger partial charge in [-0.3, -0.25) is 4.79 Å². The first kappa shape index (κ1) is 12.9. The summed E-state index contributed by atoms with van der Waals surface area (Å²) >= 11 is 0. The fraction of sp³-hybridized carbons (Fsp3) is 0.692. The molecule has 0 spiro atoms. The quantitative estimate of drug-likeness (QED) is 0.772. The van der Waals surface area contributed by atoms with E-state index in [1.807, 2.05) is 6.08 Å². The average Bonchev–Trinajstić information content (AvgIpc) is 3.12. The molecular formula is C13H20N2O3. The molecule has 1 saturated carbocycles. The maximum atomic E-state index is 12.3. The zero-order valence-electron chi connectivity index (χ0n) is 10.8. The lowest BCUT2D eigenvalue weighted by molar-refractivity contribution is -0.137. The first-order valence-corrected chi connectivity index (χ1v) is 6.47. The van der Waals surface area contributed by atoms with Crippen LogP contribution in [0, 0.1) is 5.92 Å². The summed E-state index contributed by atoms with van der Waals surface area (Å²) in [6.07, 6.45) is 5.15. The summed E-state index contributed by atoms with van der Waals surface area (Å²) in [7, 11) is 0. The molecule has 2 rings (SSSR count). The van der Waals surface area contributed by atoms with E-state index in [2.05, 4.69) is 6.92 Å². The number of aliphatic carboxylic acids is 1. The van der Waals surface area contributed by atoms with Crippen molar-refractivity contribution in [1.82, 2.24) is 9.80 Å². The summed E-state index contributed by atoms with van der Waals surface area (Å²) in [4.78, 5) is 26.3. The van der Waals surface area contributed by atoms with Crippen LogP contribution in [-0.2, 0) is 4.79 Å². The molecule has 0 saturated heterocycles. The lowest BCUT2D eigenvalue weighted by Crippen LogP contribution is -2.47. The number of hydrogen-bond acceptors (Lipinski definition) is 2. The van der Waals surface area contributed by atoms with Crippen LogP contribution >= 0.6 is 0 Å². The van der Waals surface area contributed by atoms with Crippen molar-refractivity contribution in [3.8, 4) is 0 Å². The Labute approximate surface area is 107 Å². The molecule has 0 atom stereocenters. The molecule has 0 aromatic carbocycles. The second-order valence-electron chi connectivity index (χ2n) is 5.25. The summed E-state index contributed by atoms with van der Waals surface area (Å²) < 4.78 is 0. The lowest BCUT2D eigenvalue weighted by atomic mass is 10.1. The highest BCUT2D eigenvalue weighted by molar-refractivity contribution is 5.80. The zero-order chi connectivity index (χ0) is 13.1. The van der Waals surface area contributed by atoms with E-state index in [1.54, 1.807) is 4.90 Å². The van der Waals surface area contributed by atoms with Crippen LogP contribution in [0.15, 0.2) is 11.6 Å². The van der Waals surface area contributed by atoms with E-state index < -0.39 is 5.97 Å². The third-order valence-electron chi connectivity index (χ3n) is 3.48. The number of amides is 2. The van der Waals surface area contributed by atoms with Crippen LogP contribution in [0.3, 0.4) is 0 Å². The standard InChI is InChI=1S/C13H20N2O3/c1-10-4-6-14(7-5-10)13(18)15(9-12(16)17)8-11-2-3-11/h4,11H,2-3,5-9H2,1H3,(H,16,17). The van der Waals surface area contributed by atoms with E-state index in [9.17, 15) is 9.59 Å². The van der Waals surface area contributed by atoms with E-state index in [0.29, 0.717) is 25.6 Å². The van der Waals surface area contributed by atoms with E-state index in [1.165, 1.54) is 10.5 Å². The van der Waals surface area contributed by atoms with Gasteiger partial charge in [0.1, 0.15) is 6.54 Å². The molecule has 0 radical (unpaired) electrons. The second-order valence-corrected chi connectivity index (χ2v) is 5.25. The first-order valence-electron chi connectivity index (χ1n) is 6.47. The number of carboxylic acids is 1. The van der Waals surface area contributed by atoms with Crippen LogP contribution in [0.5, 0.6) is 0 Å². The number of hydrogen-bond donors (Lipinski definition) is 1. The minimum Gasteiger partial charge on any atom is -0.480 e. The molecule has 2 aliphatic rings. The van der Waals surface area contributed by atoms with Gasteiger partial charge in [-0.25, -0.2) is 4.79 Å². The zero-order valence-corrected chi connectivity index (χ0v) is 10.8. The molecule has 1 fully saturated rings. The minimum absolute atomic E-state index is 0.131. The summed E-state index contributed by atoms with van der Waals surface area (Å²) in [5.74, 6) is -0.428. The fourth-order valence-electron chi connectivity index (χ4n) is 2.13. The van der Waals surface area contributed by atoms with Gasteiger partial charge in [-0.1, -0.05) is 11.6 Å². The minimum atomic E-state index is -0.937. The predicted molar refractivity (Wildman–Crippen MR) is 67.3 cm³/mol. The molecule has 1 aliphatic carbocycles. The van der Waals surface area contributed by atoms with Crippen LogP contribution in [0.25, 0.3) is 0 Å². The van der Waals surface area contributed by atoms with Crippen molar-refractivity contribution >= 4 is 12.0 Å². The smallest absolute Gasteiger partial charge is 0.323 e. The van der Waals surface area contributed by atoms with Crippen molar-refractivity contribution in [2.45, 2.75) is 26.2 Å². The molecule has 0 aromatic heterocycles. The Morgan fingerprint density at radius 3 is 2.72 bits per heavy atom. The van der Waals surface area contributed by atoms with Crippen molar-refractivity contribution in [2.75, 3.05) is 26.2 Å². The Morgan fingerprint density at radius 1 is 1.50 bits per heavy atom. The maximum absolute atomic E-state index is 12.3. The molecule has 0 unspecified atom stereocenters. The molecule has 5 nitrogen and oxygen atoms in total. The van der Waals surface area contributed by atoms with Crippen molar-refractivity contribution in [3.63, 3.8) is 0 Å². The highest BCUT2D eigenvalue weighted by Crippen LogP contribution is 2.30. The Morgan fingerprint density at radius 2 is 2.22 bits per heavy atom. The van der Waals surface area contributed by atoms with Gasteiger partial charge in [0.25, 0.3) is 0 Å². The van der Waals surface area contributed by atoms with Gasteiger partial charge in [0.05, 0.1) is 0 Å². The van der Waals surface area contributed by atoms with Crippen LogP contribution < -0.4 is 0 Å². The fourth-order valence-corrected chi connectivity index (χ4v) is 2.13. The van der Waals surface area contributed by atoms with Gasteiger partial charge < -0.3 is 14.9 Å². The molecule has 0 aromatic rings. The Bertz CT molecular complexity index is 374. The van der Waals surface area contributed by atoms with Crippen LogP contribution in [0.1, 0.15) is 26.2 Å². The van der Waals surface area contributed by atoms with Gasteiger partial charge in [-0.15, -0.1) is 0 Å². The maximum Gasteiger partial charge on any atom is 0.323 e. The van der Waals surface area contributed by atoms with Gasteiger partial charge in [0.2, 0.25) is 0 Å². The van der Waals surface area contributed by atoms with Crippen LogP contribution in [-0.4, -0.2) is 53.1 Å². The Kier molecular flexibility index (Phi) is 3.89. The first-order chi connectivity index (χ1) is 8.56. The number of urea groups is 1. The number of carbonyl (C=O) groups excluding carboxylic acids is 1. The van der Waals surface area contributed by atoms with E-state index in [4.69, 9.17) is 5.11 Å². The summed E-state index contributed by atoms with van der Waals surface area (Å²) in [6.45, 7) is 3.76. The largest absolute Gasteiger partial charge is 0.480 e. The van der Waals surface area contributed by atoms with Crippen molar-refractivity contribution in [1.29, 1.82) is 0 Å².